The third-order valence-electron chi connectivity index (χ3n) is 2.55. The molecule has 0 aliphatic heterocycles. The lowest BCUT2D eigenvalue weighted by molar-refractivity contribution is -0.255. The fraction of sp³-hybridized carbons (Fsp3) is 0.167. The van der Waals surface area contributed by atoms with E-state index in [-0.39, 0.29) is 5.56 Å². The summed E-state index contributed by atoms with van der Waals surface area (Å²) in [6.45, 7) is 3.18. The van der Waals surface area contributed by atoms with Crippen molar-refractivity contribution in [3.63, 3.8) is 0 Å². The summed E-state index contributed by atoms with van der Waals surface area (Å²) in [4.78, 5) is 10.9. The third kappa shape index (κ3) is 1.91. The van der Waals surface area contributed by atoms with Crippen LogP contribution < -0.4 is 5.11 Å². The van der Waals surface area contributed by atoms with Gasteiger partial charge in [-0.1, -0.05) is 6.07 Å². The van der Waals surface area contributed by atoms with E-state index in [4.69, 9.17) is 0 Å². The highest BCUT2D eigenvalue weighted by Gasteiger charge is 2.13. The summed E-state index contributed by atoms with van der Waals surface area (Å²) < 4.78 is 14.5. The summed E-state index contributed by atoms with van der Waals surface area (Å²) in [7, 11) is 0. The van der Waals surface area contributed by atoms with E-state index in [2.05, 4.69) is 5.10 Å². The van der Waals surface area contributed by atoms with Gasteiger partial charge in [0.2, 0.25) is 0 Å². The van der Waals surface area contributed by atoms with Gasteiger partial charge in [-0.05, 0) is 32.0 Å². The summed E-state index contributed by atoms with van der Waals surface area (Å²) in [5, 5.41) is 15.0. The van der Waals surface area contributed by atoms with Crippen LogP contribution in [0.2, 0.25) is 0 Å². The molecule has 5 heteroatoms. The second-order valence-corrected chi connectivity index (χ2v) is 3.72. The first-order valence-electron chi connectivity index (χ1n) is 5.04. The van der Waals surface area contributed by atoms with Gasteiger partial charge in [-0.25, -0.2) is 9.07 Å². The quantitative estimate of drug-likeness (QED) is 0.777. The van der Waals surface area contributed by atoms with E-state index in [1.165, 1.54) is 16.8 Å². The number of carbonyl (C=O) groups is 1. The van der Waals surface area contributed by atoms with Crippen LogP contribution in [0.4, 0.5) is 4.39 Å². The van der Waals surface area contributed by atoms with E-state index < -0.39 is 11.8 Å². The van der Waals surface area contributed by atoms with E-state index in [1.54, 1.807) is 26.0 Å². The normalized spacial score (nSPS) is 10.5. The predicted molar refractivity (Wildman–Crippen MR) is 57.3 cm³/mol. The van der Waals surface area contributed by atoms with Gasteiger partial charge in [0.15, 0.2) is 0 Å². The standard InChI is InChI=1S/C12H11FN2O2/c1-7-11(12(16)17)8(2)15(14-7)10-5-3-4-9(13)6-10/h3-6H,1-2H3,(H,16,17)/p-1. The Morgan fingerprint density at radius 2 is 2.12 bits per heavy atom. The Morgan fingerprint density at radius 1 is 1.41 bits per heavy atom. The van der Waals surface area contributed by atoms with Gasteiger partial charge >= 0.3 is 0 Å². The summed E-state index contributed by atoms with van der Waals surface area (Å²) in [5.74, 6) is -1.67. The Labute approximate surface area is 97.3 Å². The molecule has 0 saturated carbocycles. The Balaban J connectivity index is 2.62. The van der Waals surface area contributed by atoms with E-state index >= 15 is 0 Å². The van der Waals surface area contributed by atoms with Crippen molar-refractivity contribution >= 4 is 5.97 Å². The highest BCUT2D eigenvalue weighted by molar-refractivity contribution is 5.88. The molecule has 1 aromatic heterocycles. The fourth-order valence-corrected chi connectivity index (χ4v) is 1.80. The lowest BCUT2D eigenvalue weighted by atomic mass is 10.2. The summed E-state index contributed by atoms with van der Waals surface area (Å²) in [6, 6.07) is 5.80. The number of aromatic nitrogens is 2. The molecule has 88 valence electrons. The topological polar surface area (TPSA) is 58.0 Å². The summed E-state index contributed by atoms with van der Waals surface area (Å²) in [6.07, 6.45) is 0. The molecule has 0 bridgehead atoms. The molecule has 0 amide bonds. The first-order valence-corrected chi connectivity index (χ1v) is 5.04. The lowest BCUT2D eigenvalue weighted by Gasteiger charge is -2.05. The Hall–Kier alpha value is -2.17. The molecular weight excluding hydrogens is 223 g/mol. The monoisotopic (exact) mass is 233 g/mol. The molecule has 1 heterocycles. The van der Waals surface area contributed by atoms with Gasteiger partial charge in [0.1, 0.15) is 5.82 Å². The van der Waals surface area contributed by atoms with Gasteiger partial charge < -0.3 is 9.90 Å². The van der Waals surface area contributed by atoms with Crippen LogP contribution in [-0.2, 0) is 0 Å². The number of nitrogens with zero attached hydrogens (tertiary/aromatic N) is 2. The molecule has 2 rings (SSSR count). The number of carboxylic acids is 1. The minimum Gasteiger partial charge on any atom is -0.545 e. The zero-order valence-electron chi connectivity index (χ0n) is 9.40. The van der Waals surface area contributed by atoms with Gasteiger partial charge in [-0.15, -0.1) is 0 Å². The van der Waals surface area contributed by atoms with Gasteiger partial charge in [-0.3, -0.25) is 0 Å². The molecule has 0 radical (unpaired) electrons. The van der Waals surface area contributed by atoms with Gasteiger partial charge in [0.05, 0.1) is 23.0 Å². The van der Waals surface area contributed by atoms with Crippen molar-refractivity contribution in [2.45, 2.75) is 13.8 Å². The first-order chi connectivity index (χ1) is 8.00. The Kier molecular flexibility index (Phi) is 2.67. The van der Waals surface area contributed by atoms with Crippen LogP contribution in [0.3, 0.4) is 0 Å². The molecule has 0 fully saturated rings. The minimum absolute atomic E-state index is 0.0502. The van der Waals surface area contributed by atoms with E-state index in [1.807, 2.05) is 0 Å². The van der Waals surface area contributed by atoms with Crippen LogP contribution in [0.25, 0.3) is 5.69 Å². The molecule has 0 N–H and O–H groups in total. The number of halogens is 1. The number of hydrogen-bond donors (Lipinski definition) is 0. The van der Waals surface area contributed by atoms with Crippen molar-refractivity contribution in [1.82, 2.24) is 9.78 Å². The molecule has 0 aliphatic carbocycles. The zero-order chi connectivity index (χ0) is 12.6. The van der Waals surface area contributed by atoms with Crippen molar-refractivity contribution in [3.8, 4) is 5.69 Å². The number of aryl methyl sites for hydroxylation is 1. The van der Waals surface area contributed by atoms with Crippen LogP contribution in [0.5, 0.6) is 0 Å². The predicted octanol–water partition coefficient (Wildman–Crippen LogP) is 0.992. The van der Waals surface area contributed by atoms with E-state index in [0.717, 1.165) is 0 Å². The molecule has 0 saturated heterocycles. The van der Waals surface area contributed by atoms with Crippen molar-refractivity contribution in [1.29, 1.82) is 0 Å². The minimum atomic E-state index is -1.28. The van der Waals surface area contributed by atoms with Crippen LogP contribution in [0, 0.1) is 19.7 Å². The molecule has 0 aliphatic rings. The van der Waals surface area contributed by atoms with Crippen LogP contribution in [-0.4, -0.2) is 15.7 Å². The van der Waals surface area contributed by atoms with Crippen LogP contribution >= 0.6 is 0 Å². The van der Waals surface area contributed by atoms with Crippen molar-refractivity contribution in [3.05, 3.63) is 47.0 Å². The molecule has 0 atom stereocenters. The smallest absolute Gasteiger partial charge is 0.125 e. The first kappa shape index (κ1) is 11.3. The fourth-order valence-electron chi connectivity index (χ4n) is 1.80. The molecule has 4 nitrogen and oxygen atoms in total. The number of hydrogen-bond acceptors (Lipinski definition) is 3. The largest absolute Gasteiger partial charge is 0.545 e. The average molecular weight is 233 g/mol. The van der Waals surface area contributed by atoms with Gasteiger partial charge in [0.25, 0.3) is 0 Å². The SMILES string of the molecule is Cc1nn(-c2cccc(F)c2)c(C)c1C(=O)[O-]. The number of carbonyl (C=O) groups excluding carboxylic acids is 1. The maximum atomic E-state index is 13.1. The molecule has 17 heavy (non-hydrogen) atoms. The highest BCUT2D eigenvalue weighted by atomic mass is 19.1. The maximum absolute atomic E-state index is 13.1. The Morgan fingerprint density at radius 3 is 2.65 bits per heavy atom. The molecular formula is C12H10FN2O2-. The summed E-state index contributed by atoms with van der Waals surface area (Å²) >= 11 is 0. The number of benzene rings is 1. The molecule has 0 unspecified atom stereocenters. The molecule has 2 aromatic rings. The second-order valence-electron chi connectivity index (χ2n) is 3.72. The average Bonchev–Trinajstić information content (AvgIpc) is 2.54. The lowest BCUT2D eigenvalue weighted by Crippen LogP contribution is -2.23. The van der Waals surface area contributed by atoms with Gasteiger partial charge in [-0.2, -0.15) is 5.10 Å². The number of carboxylic acid groups (broad SMARTS) is 1. The van der Waals surface area contributed by atoms with Crippen molar-refractivity contribution in [2.24, 2.45) is 0 Å². The zero-order valence-corrected chi connectivity index (χ0v) is 9.40. The Bertz CT molecular complexity index is 590. The van der Waals surface area contributed by atoms with Crippen molar-refractivity contribution in [2.75, 3.05) is 0 Å². The third-order valence-corrected chi connectivity index (χ3v) is 2.55. The van der Waals surface area contributed by atoms with Crippen LogP contribution in [0.15, 0.2) is 24.3 Å². The van der Waals surface area contributed by atoms with E-state index in [9.17, 15) is 14.3 Å². The van der Waals surface area contributed by atoms with Gasteiger partial charge in [0, 0.05) is 5.56 Å². The summed E-state index contributed by atoms with van der Waals surface area (Å²) in [5.41, 5.74) is 1.31. The molecule has 1 aromatic carbocycles. The molecule has 0 spiro atoms. The van der Waals surface area contributed by atoms with Crippen LogP contribution in [0.1, 0.15) is 21.7 Å². The highest BCUT2D eigenvalue weighted by Crippen LogP contribution is 2.17. The number of aromatic carboxylic acids is 1. The van der Waals surface area contributed by atoms with Crippen molar-refractivity contribution < 1.29 is 14.3 Å². The second kappa shape index (κ2) is 4.01. The maximum Gasteiger partial charge on any atom is 0.125 e. The number of rotatable bonds is 2. The van der Waals surface area contributed by atoms with E-state index in [0.29, 0.717) is 17.1 Å².